The number of hydrogen-bond donors (Lipinski definition) is 2. The fourth-order valence-corrected chi connectivity index (χ4v) is 3.38. The van der Waals surface area contributed by atoms with Crippen LogP contribution in [-0.2, 0) is 4.79 Å². The first kappa shape index (κ1) is 19.9. The number of halogens is 2. The lowest BCUT2D eigenvalue weighted by atomic mass is 10.0. The molecule has 3 aromatic rings. The van der Waals surface area contributed by atoms with E-state index < -0.39 is 5.91 Å². The summed E-state index contributed by atoms with van der Waals surface area (Å²) in [4.78, 5) is 24.1. The van der Waals surface area contributed by atoms with Gasteiger partial charge in [0.25, 0.3) is 5.91 Å². The predicted octanol–water partition coefficient (Wildman–Crippen LogP) is 5.48. The number of aryl methyl sites for hydroxylation is 2. The maximum Gasteiger partial charge on any atom is 0.261 e. The second-order valence-corrected chi connectivity index (χ2v) is 7.04. The van der Waals surface area contributed by atoms with Crippen molar-refractivity contribution in [2.75, 3.05) is 10.6 Å². The third-order valence-electron chi connectivity index (χ3n) is 4.08. The van der Waals surface area contributed by atoms with E-state index in [1.165, 1.54) is 6.92 Å². The molecular formula is C20H17Cl2N3O3. The lowest BCUT2D eigenvalue weighted by Crippen LogP contribution is -2.15. The average Bonchev–Trinajstić information content (AvgIpc) is 2.98. The van der Waals surface area contributed by atoms with Gasteiger partial charge in [-0.15, -0.1) is 0 Å². The molecule has 28 heavy (non-hydrogen) atoms. The van der Waals surface area contributed by atoms with Gasteiger partial charge in [0.2, 0.25) is 5.91 Å². The molecule has 2 aromatic carbocycles. The highest BCUT2D eigenvalue weighted by Gasteiger charge is 2.25. The van der Waals surface area contributed by atoms with Crippen LogP contribution in [-0.4, -0.2) is 17.0 Å². The van der Waals surface area contributed by atoms with Crippen molar-refractivity contribution >= 4 is 46.4 Å². The number of hydrogen-bond acceptors (Lipinski definition) is 4. The summed E-state index contributed by atoms with van der Waals surface area (Å²) < 4.78 is 5.24. The topological polar surface area (TPSA) is 84.2 Å². The Morgan fingerprint density at radius 2 is 1.71 bits per heavy atom. The molecule has 2 N–H and O–H groups in total. The van der Waals surface area contributed by atoms with E-state index in [9.17, 15) is 9.59 Å². The molecule has 0 radical (unpaired) electrons. The highest BCUT2D eigenvalue weighted by Crippen LogP contribution is 2.37. The molecule has 0 bridgehead atoms. The molecule has 3 rings (SSSR count). The van der Waals surface area contributed by atoms with Crippen LogP contribution in [0.4, 0.5) is 11.4 Å². The largest absolute Gasteiger partial charge is 0.360 e. The van der Waals surface area contributed by atoms with E-state index in [0.29, 0.717) is 32.7 Å². The van der Waals surface area contributed by atoms with E-state index in [1.54, 1.807) is 43.3 Å². The minimum absolute atomic E-state index is 0.169. The van der Waals surface area contributed by atoms with Crippen molar-refractivity contribution in [1.29, 1.82) is 0 Å². The number of rotatable bonds is 4. The summed E-state index contributed by atoms with van der Waals surface area (Å²) in [6, 6.07) is 10.2. The Hall–Kier alpha value is -2.83. The minimum Gasteiger partial charge on any atom is -0.360 e. The first-order valence-electron chi connectivity index (χ1n) is 8.38. The summed E-state index contributed by atoms with van der Waals surface area (Å²) in [7, 11) is 0. The Bertz CT molecular complexity index is 1060. The third kappa shape index (κ3) is 4.03. The number of carbonyl (C=O) groups is 2. The first-order chi connectivity index (χ1) is 13.3. The Balaban J connectivity index is 1.95. The summed E-state index contributed by atoms with van der Waals surface area (Å²) >= 11 is 12.5. The van der Waals surface area contributed by atoms with Gasteiger partial charge in [0.05, 0.1) is 10.0 Å². The van der Waals surface area contributed by atoms with Crippen LogP contribution in [0.5, 0.6) is 0 Å². The number of anilines is 2. The Morgan fingerprint density at radius 1 is 1.04 bits per heavy atom. The molecule has 0 atom stereocenters. The average molecular weight is 418 g/mol. The fourth-order valence-electron chi connectivity index (χ4n) is 2.80. The van der Waals surface area contributed by atoms with E-state index in [2.05, 4.69) is 15.8 Å². The standard InChI is InChI=1S/C20H17Cl2N3O3/c1-10-9-13(23-12(3)26)7-8-16(10)24-20(27)17-11(2)28-25-19(17)18-14(21)5-4-6-15(18)22/h4-9H,1-3H3,(H,23,26)(H,24,27). The van der Waals surface area contributed by atoms with Gasteiger partial charge in [0, 0.05) is 23.9 Å². The van der Waals surface area contributed by atoms with Gasteiger partial charge in [-0.3, -0.25) is 9.59 Å². The first-order valence-corrected chi connectivity index (χ1v) is 9.13. The summed E-state index contributed by atoms with van der Waals surface area (Å²) in [5.74, 6) is -0.228. The smallest absolute Gasteiger partial charge is 0.261 e. The monoisotopic (exact) mass is 417 g/mol. The van der Waals surface area contributed by atoms with Crippen molar-refractivity contribution in [3.05, 3.63) is 63.3 Å². The zero-order valence-electron chi connectivity index (χ0n) is 15.4. The number of benzene rings is 2. The van der Waals surface area contributed by atoms with E-state index in [1.807, 2.05) is 6.92 Å². The van der Waals surface area contributed by atoms with Crippen molar-refractivity contribution in [3.63, 3.8) is 0 Å². The van der Waals surface area contributed by atoms with Gasteiger partial charge in [0.15, 0.2) is 0 Å². The Kier molecular flexibility index (Phi) is 5.72. The van der Waals surface area contributed by atoms with E-state index in [4.69, 9.17) is 27.7 Å². The number of nitrogens with zero attached hydrogens (tertiary/aromatic N) is 1. The summed E-state index contributed by atoms with van der Waals surface area (Å²) in [6.07, 6.45) is 0. The molecule has 0 spiro atoms. The number of carbonyl (C=O) groups excluding carboxylic acids is 2. The molecule has 0 aliphatic carbocycles. The summed E-state index contributed by atoms with van der Waals surface area (Å²) in [5, 5.41) is 10.3. The predicted molar refractivity (Wildman–Crippen MR) is 110 cm³/mol. The molecule has 1 heterocycles. The normalized spacial score (nSPS) is 10.6. The molecule has 1 aromatic heterocycles. The molecule has 0 saturated carbocycles. The second kappa shape index (κ2) is 8.04. The molecular weight excluding hydrogens is 401 g/mol. The lowest BCUT2D eigenvalue weighted by molar-refractivity contribution is -0.114. The Labute approximate surface area is 171 Å². The second-order valence-electron chi connectivity index (χ2n) is 6.22. The van der Waals surface area contributed by atoms with E-state index >= 15 is 0 Å². The SMILES string of the molecule is CC(=O)Nc1ccc(NC(=O)c2c(-c3c(Cl)cccc3Cl)noc2C)c(C)c1. The fraction of sp³-hybridized carbons (Fsp3) is 0.150. The van der Waals surface area contributed by atoms with Crippen molar-refractivity contribution in [3.8, 4) is 11.3 Å². The van der Waals surface area contributed by atoms with Crippen LogP contribution in [0.1, 0.15) is 28.6 Å². The zero-order chi connectivity index (χ0) is 20.4. The molecule has 0 saturated heterocycles. The molecule has 6 nitrogen and oxygen atoms in total. The van der Waals surface area contributed by atoms with Crippen LogP contribution < -0.4 is 10.6 Å². The molecule has 8 heteroatoms. The van der Waals surface area contributed by atoms with Crippen molar-refractivity contribution in [2.45, 2.75) is 20.8 Å². The van der Waals surface area contributed by atoms with E-state index in [-0.39, 0.29) is 17.2 Å². The van der Waals surface area contributed by atoms with Crippen LogP contribution in [0.25, 0.3) is 11.3 Å². The maximum absolute atomic E-state index is 13.0. The van der Waals surface area contributed by atoms with Gasteiger partial charge >= 0.3 is 0 Å². The van der Waals surface area contributed by atoms with Crippen LogP contribution >= 0.6 is 23.2 Å². The minimum atomic E-state index is -0.403. The van der Waals surface area contributed by atoms with Gasteiger partial charge in [-0.1, -0.05) is 34.4 Å². The van der Waals surface area contributed by atoms with Gasteiger partial charge in [-0.05, 0) is 49.7 Å². The highest BCUT2D eigenvalue weighted by atomic mass is 35.5. The van der Waals surface area contributed by atoms with Gasteiger partial charge in [-0.2, -0.15) is 0 Å². The van der Waals surface area contributed by atoms with Gasteiger partial charge in [0.1, 0.15) is 17.0 Å². The third-order valence-corrected chi connectivity index (χ3v) is 4.71. The Morgan fingerprint density at radius 3 is 2.32 bits per heavy atom. The van der Waals surface area contributed by atoms with Crippen molar-refractivity contribution in [1.82, 2.24) is 5.16 Å². The van der Waals surface area contributed by atoms with Crippen LogP contribution in [0.2, 0.25) is 10.0 Å². The molecule has 2 amide bonds. The summed E-state index contributed by atoms with van der Waals surface area (Å²) in [6.45, 7) is 4.90. The highest BCUT2D eigenvalue weighted by molar-refractivity contribution is 6.39. The number of amides is 2. The zero-order valence-corrected chi connectivity index (χ0v) is 16.9. The molecule has 0 aliphatic heterocycles. The van der Waals surface area contributed by atoms with Crippen LogP contribution in [0.15, 0.2) is 40.9 Å². The van der Waals surface area contributed by atoms with Gasteiger partial charge < -0.3 is 15.2 Å². The number of aromatic nitrogens is 1. The molecule has 0 unspecified atom stereocenters. The van der Waals surface area contributed by atoms with Crippen molar-refractivity contribution < 1.29 is 14.1 Å². The lowest BCUT2D eigenvalue weighted by Gasteiger charge is -2.11. The number of nitrogens with one attached hydrogen (secondary N) is 2. The van der Waals surface area contributed by atoms with E-state index in [0.717, 1.165) is 5.56 Å². The molecule has 0 aliphatic rings. The molecule has 0 fully saturated rings. The maximum atomic E-state index is 13.0. The van der Waals surface area contributed by atoms with Crippen LogP contribution in [0.3, 0.4) is 0 Å². The molecule has 144 valence electrons. The quantitative estimate of drug-likeness (QED) is 0.588. The van der Waals surface area contributed by atoms with Gasteiger partial charge in [-0.25, -0.2) is 0 Å². The van der Waals surface area contributed by atoms with Crippen molar-refractivity contribution in [2.24, 2.45) is 0 Å². The summed E-state index contributed by atoms with van der Waals surface area (Å²) in [5.41, 5.74) is 2.98. The van der Waals surface area contributed by atoms with Crippen LogP contribution in [0, 0.1) is 13.8 Å².